The van der Waals surface area contributed by atoms with Crippen molar-refractivity contribution >= 4 is 0 Å². The summed E-state index contributed by atoms with van der Waals surface area (Å²) in [5.41, 5.74) is 6.49. The van der Waals surface area contributed by atoms with Gasteiger partial charge in [-0.25, -0.2) is 0 Å². The quantitative estimate of drug-likeness (QED) is 0.775. The second-order valence-corrected chi connectivity index (χ2v) is 6.08. The van der Waals surface area contributed by atoms with E-state index in [2.05, 4.69) is 25.7 Å². The molecular formula is C13H26N2. The zero-order valence-corrected chi connectivity index (χ0v) is 10.5. The van der Waals surface area contributed by atoms with Gasteiger partial charge in [0.25, 0.3) is 0 Å². The molecule has 15 heavy (non-hydrogen) atoms. The molecule has 1 heterocycles. The molecule has 3 unspecified atom stereocenters. The minimum atomic E-state index is 0.0554. The van der Waals surface area contributed by atoms with E-state index in [4.69, 9.17) is 5.73 Å². The fourth-order valence-corrected chi connectivity index (χ4v) is 3.05. The summed E-state index contributed by atoms with van der Waals surface area (Å²) in [5, 5.41) is 0. The largest absolute Gasteiger partial charge is 0.324 e. The van der Waals surface area contributed by atoms with Crippen LogP contribution in [0.4, 0.5) is 0 Å². The lowest BCUT2D eigenvalue weighted by atomic mass is 9.91. The van der Waals surface area contributed by atoms with E-state index in [0.29, 0.717) is 0 Å². The van der Waals surface area contributed by atoms with Gasteiger partial charge in [-0.1, -0.05) is 6.42 Å². The van der Waals surface area contributed by atoms with Gasteiger partial charge in [0.05, 0.1) is 0 Å². The average Bonchev–Trinajstić information content (AvgIpc) is 2.94. The third-order valence-corrected chi connectivity index (χ3v) is 4.41. The monoisotopic (exact) mass is 210 g/mol. The van der Waals surface area contributed by atoms with E-state index in [-0.39, 0.29) is 5.54 Å². The van der Waals surface area contributed by atoms with Crippen molar-refractivity contribution in [3.63, 3.8) is 0 Å². The lowest BCUT2D eigenvalue weighted by molar-refractivity contribution is 0.0737. The minimum absolute atomic E-state index is 0.0554. The summed E-state index contributed by atoms with van der Waals surface area (Å²) >= 11 is 0. The Morgan fingerprint density at radius 2 is 1.67 bits per heavy atom. The summed E-state index contributed by atoms with van der Waals surface area (Å²) in [6.07, 6.45) is 6.80. The molecule has 3 atom stereocenters. The van der Waals surface area contributed by atoms with Gasteiger partial charge in [0.2, 0.25) is 0 Å². The summed E-state index contributed by atoms with van der Waals surface area (Å²) in [7, 11) is 0. The second-order valence-electron chi connectivity index (χ2n) is 6.08. The van der Waals surface area contributed by atoms with Crippen LogP contribution in [-0.2, 0) is 0 Å². The van der Waals surface area contributed by atoms with Gasteiger partial charge in [0.1, 0.15) is 0 Å². The molecule has 1 aliphatic carbocycles. The van der Waals surface area contributed by atoms with Crippen LogP contribution in [0, 0.1) is 5.92 Å². The van der Waals surface area contributed by atoms with Crippen LogP contribution in [0.5, 0.6) is 0 Å². The molecule has 2 rings (SSSR count). The predicted octanol–water partition coefficient (Wildman–Crippen LogP) is 2.38. The third-order valence-electron chi connectivity index (χ3n) is 4.41. The Morgan fingerprint density at radius 1 is 1.13 bits per heavy atom. The Bertz CT molecular complexity index is 211. The van der Waals surface area contributed by atoms with Crippen molar-refractivity contribution in [2.45, 2.75) is 70.5 Å². The van der Waals surface area contributed by atoms with Crippen molar-refractivity contribution in [3.05, 3.63) is 0 Å². The van der Waals surface area contributed by atoms with Crippen molar-refractivity contribution < 1.29 is 0 Å². The first kappa shape index (κ1) is 11.4. The fourth-order valence-electron chi connectivity index (χ4n) is 3.05. The summed E-state index contributed by atoms with van der Waals surface area (Å²) in [6, 6.07) is 1.46. The highest BCUT2D eigenvalue weighted by molar-refractivity contribution is 4.99. The Morgan fingerprint density at radius 3 is 2.13 bits per heavy atom. The lowest BCUT2D eigenvalue weighted by Crippen LogP contribution is -2.55. The van der Waals surface area contributed by atoms with Crippen LogP contribution in [0.3, 0.4) is 0 Å². The number of likely N-dealkylation sites (tertiary alicyclic amines) is 1. The van der Waals surface area contributed by atoms with Crippen LogP contribution >= 0.6 is 0 Å². The highest BCUT2D eigenvalue weighted by Gasteiger charge is 2.41. The topological polar surface area (TPSA) is 29.3 Å². The first-order valence-electron chi connectivity index (χ1n) is 6.55. The van der Waals surface area contributed by atoms with Crippen LogP contribution in [0.2, 0.25) is 0 Å². The highest BCUT2D eigenvalue weighted by Crippen LogP contribution is 2.39. The molecule has 0 radical (unpaired) electrons. The lowest BCUT2D eigenvalue weighted by Gasteiger charge is -2.43. The van der Waals surface area contributed by atoms with Gasteiger partial charge in [0.15, 0.2) is 0 Å². The van der Waals surface area contributed by atoms with Crippen molar-refractivity contribution in [2.75, 3.05) is 6.54 Å². The van der Waals surface area contributed by atoms with Gasteiger partial charge >= 0.3 is 0 Å². The molecular weight excluding hydrogens is 184 g/mol. The Labute approximate surface area is 94.2 Å². The Kier molecular flexibility index (Phi) is 3.09. The number of nitrogens with zero attached hydrogens (tertiary/aromatic N) is 1. The molecule has 0 aromatic heterocycles. The molecule has 1 aliphatic heterocycles. The van der Waals surface area contributed by atoms with E-state index >= 15 is 0 Å². The van der Waals surface area contributed by atoms with E-state index in [1.54, 1.807) is 0 Å². The van der Waals surface area contributed by atoms with Crippen LogP contribution in [0.25, 0.3) is 0 Å². The van der Waals surface area contributed by atoms with Crippen LogP contribution in [-0.4, -0.2) is 29.1 Å². The molecule has 2 aliphatic rings. The van der Waals surface area contributed by atoms with E-state index in [0.717, 1.165) is 24.5 Å². The number of rotatable bonds is 3. The van der Waals surface area contributed by atoms with Gasteiger partial charge < -0.3 is 5.73 Å². The maximum atomic E-state index is 6.44. The first-order valence-corrected chi connectivity index (χ1v) is 6.55. The van der Waals surface area contributed by atoms with E-state index in [1.165, 1.54) is 32.1 Å². The molecule has 0 bridgehead atoms. The van der Waals surface area contributed by atoms with Crippen molar-refractivity contribution in [2.24, 2.45) is 11.7 Å². The van der Waals surface area contributed by atoms with E-state index in [9.17, 15) is 0 Å². The molecule has 88 valence electrons. The van der Waals surface area contributed by atoms with Crippen molar-refractivity contribution in [1.29, 1.82) is 0 Å². The second kappa shape index (κ2) is 4.06. The van der Waals surface area contributed by atoms with Crippen LogP contribution < -0.4 is 5.73 Å². The molecule has 0 spiro atoms. The molecule has 2 nitrogen and oxygen atoms in total. The Hall–Kier alpha value is -0.0800. The zero-order valence-electron chi connectivity index (χ0n) is 10.5. The molecule has 2 N–H and O–H groups in total. The van der Waals surface area contributed by atoms with Gasteiger partial charge in [-0.3, -0.25) is 4.90 Å². The molecule has 1 saturated carbocycles. The summed E-state index contributed by atoms with van der Waals surface area (Å²) in [6.45, 7) is 8.07. The first-order chi connectivity index (χ1) is 7.00. The molecule has 2 heteroatoms. The van der Waals surface area contributed by atoms with Gasteiger partial charge in [-0.05, 0) is 52.4 Å². The SMILES string of the molecule is CC1CCCC(C)N1CC(C)(N)C1CC1. The Balaban J connectivity index is 1.96. The van der Waals surface area contributed by atoms with E-state index in [1.807, 2.05) is 0 Å². The molecule has 0 aromatic rings. The number of hydrogen-bond acceptors (Lipinski definition) is 2. The smallest absolute Gasteiger partial charge is 0.0283 e. The number of piperidine rings is 1. The predicted molar refractivity (Wildman–Crippen MR) is 64.8 cm³/mol. The summed E-state index contributed by atoms with van der Waals surface area (Å²) in [4.78, 5) is 2.64. The normalized spacial score (nSPS) is 37.6. The number of hydrogen-bond donors (Lipinski definition) is 1. The highest BCUT2D eigenvalue weighted by atomic mass is 15.2. The zero-order chi connectivity index (χ0) is 11.1. The standard InChI is InChI=1S/C13H26N2/c1-10-5-4-6-11(2)15(10)9-13(3,14)12-7-8-12/h10-12H,4-9,14H2,1-3H3. The minimum Gasteiger partial charge on any atom is -0.324 e. The fraction of sp³-hybridized carbons (Fsp3) is 1.00. The average molecular weight is 210 g/mol. The van der Waals surface area contributed by atoms with Crippen LogP contribution in [0.15, 0.2) is 0 Å². The molecule has 2 fully saturated rings. The number of nitrogens with two attached hydrogens (primary N) is 1. The van der Waals surface area contributed by atoms with Gasteiger partial charge in [-0.15, -0.1) is 0 Å². The molecule has 0 aromatic carbocycles. The van der Waals surface area contributed by atoms with Crippen molar-refractivity contribution in [1.82, 2.24) is 4.90 Å². The van der Waals surface area contributed by atoms with Gasteiger partial charge in [-0.2, -0.15) is 0 Å². The van der Waals surface area contributed by atoms with Crippen LogP contribution in [0.1, 0.15) is 52.9 Å². The molecule has 1 saturated heterocycles. The third kappa shape index (κ3) is 2.54. The molecule has 0 amide bonds. The summed E-state index contributed by atoms with van der Waals surface area (Å²) in [5.74, 6) is 0.791. The van der Waals surface area contributed by atoms with Gasteiger partial charge in [0, 0.05) is 24.2 Å². The maximum absolute atomic E-state index is 6.44. The maximum Gasteiger partial charge on any atom is 0.0283 e. The summed E-state index contributed by atoms with van der Waals surface area (Å²) < 4.78 is 0. The van der Waals surface area contributed by atoms with E-state index < -0.39 is 0 Å². The van der Waals surface area contributed by atoms with Crippen molar-refractivity contribution in [3.8, 4) is 0 Å².